The number of hydrogen-bond donors (Lipinski definition) is 1. The Morgan fingerprint density at radius 3 is 1.86 bits per heavy atom. The first kappa shape index (κ1) is 34.8. The van der Waals surface area contributed by atoms with Crippen molar-refractivity contribution in [2.75, 3.05) is 20.8 Å². The summed E-state index contributed by atoms with van der Waals surface area (Å²) in [6, 6.07) is 34.0. The molecule has 10 heteroatoms. The molecule has 0 fully saturated rings. The molecule has 0 spiro atoms. The van der Waals surface area contributed by atoms with Crippen LogP contribution >= 0.6 is 15.9 Å². The third-order valence-electron chi connectivity index (χ3n) is 7.22. The number of nitrogens with zero attached hydrogens (tertiary/aromatic N) is 1. The van der Waals surface area contributed by atoms with Crippen molar-refractivity contribution in [3.63, 3.8) is 0 Å². The molecule has 0 aliphatic carbocycles. The smallest absolute Gasteiger partial charge is 0.271 e. The number of methoxy groups -OCH3 is 2. The Morgan fingerprint density at radius 2 is 1.24 bits per heavy atom. The van der Waals surface area contributed by atoms with E-state index in [0.717, 1.165) is 16.7 Å². The maximum Gasteiger partial charge on any atom is 0.271 e. The standard InChI is InChI=1S/C39H37BrN2O7/c1-4-46-37-21-30(23-41-42-39(43)31-16-18-34(36(22-31)45-3)48-25-28-13-9-6-10-14-28)19-32(40)38(37)49-26-29-15-17-33(35(20-29)44-2)47-24-27-11-7-5-8-12-27/h5-23H,4,24-26H2,1-3H3,(H,42,43)/b41-23+. The van der Waals surface area contributed by atoms with Crippen molar-refractivity contribution in [3.8, 4) is 34.5 Å². The Hall–Kier alpha value is -5.48. The maximum absolute atomic E-state index is 12.9. The molecule has 0 saturated carbocycles. The van der Waals surface area contributed by atoms with Crippen molar-refractivity contribution in [1.82, 2.24) is 5.43 Å². The van der Waals surface area contributed by atoms with Gasteiger partial charge in [0.05, 0.1) is 31.5 Å². The fourth-order valence-electron chi connectivity index (χ4n) is 4.77. The highest BCUT2D eigenvalue weighted by Gasteiger charge is 2.15. The molecule has 0 saturated heterocycles. The first-order valence-electron chi connectivity index (χ1n) is 15.6. The van der Waals surface area contributed by atoms with Gasteiger partial charge in [0.1, 0.15) is 19.8 Å². The average Bonchev–Trinajstić information content (AvgIpc) is 3.13. The zero-order valence-electron chi connectivity index (χ0n) is 27.5. The number of benzene rings is 5. The summed E-state index contributed by atoms with van der Waals surface area (Å²) < 4.78 is 35.7. The first-order chi connectivity index (χ1) is 24.0. The minimum atomic E-state index is -0.403. The fourth-order valence-corrected chi connectivity index (χ4v) is 5.34. The van der Waals surface area contributed by atoms with Gasteiger partial charge in [-0.3, -0.25) is 4.79 Å². The Labute approximate surface area is 294 Å². The van der Waals surface area contributed by atoms with Crippen molar-refractivity contribution in [2.45, 2.75) is 26.7 Å². The summed E-state index contributed by atoms with van der Waals surface area (Å²) in [4.78, 5) is 12.9. The number of nitrogens with one attached hydrogen (secondary N) is 1. The van der Waals surface area contributed by atoms with E-state index < -0.39 is 5.91 Å². The molecule has 1 N–H and O–H groups in total. The van der Waals surface area contributed by atoms with Crippen LogP contribution in [0.3, 0.4) is 0 Å². The van der Waals surface area contributed by atoms with Crippen molar-refractivity contribution >= 4 is 28.1 Å². The van der Waals surface area contributed by atoms with Gasteiger partial charge in [-0.05, 0) is 87.6 Å². The molecule has 252 valence electrons. The summed E-state index contributed by atoms with van der Waals surface area (Å²) in [5, 5.41) is 4.16. The molecule has 0 heterocycles. The molecule has 5 aromatic rings. The Morgan fingerprint density at radius 1 is 0.653 bits per heavy atom. The Balaban J connectivity index is 1.20. The van der Waals surface area contributed by atoms with Gasteiger partial charge in [-0.25, -0.2) is 5.43 Å². The highest BCUT2D eigenvalue weighted by molar-refractivity contribution is 9.10. The molecule has 0 atom stereocenters. The predicted molar refractivity (Wildman–Crippen MR) is 192 cm³/mol. The van der Waals surface area contributed by atoms with Gasteiger partial charge in [0, 0.05) is 5.56 Å². The number of carbonyl (C=O) groups is 1. The first-order valence-corrected chi connectivity index (χ1v) is 16.4. The summed E-state index contributed by atoms with van der Waals surface area (Å²) in [5.41, 5.74) is 6.60. The van der Waals surface area contributed by atoms with E-state index in [1.165, 1.54) is 13.3 Å². The molecule has 9 nitrogen and oxygen atoms in total. The van der Waals surface area contributed by atoms with Crippen LogP contribution in [0.1, 0.15) is 39.5 Å². The van der Waals surface area contributed by atoms with E-state index in [1.807, 2.05) is 91.9 Å². The molecule has 5 aromatic carbocycles. The number of carbonyl (C=O) groups excluding carboxylic acids is 1. The average molecular weight is 726 g/mol. The second kappa shape index (κ2) is 17.6. The van der Waals surface area contributed by atoms with Crippen LogP contribution in [0.15, 0.2) is 119 Å². The van der Waals surface area contributed by atoms with E-state index in [9.17, 15) is 4.79 Å². The minimum absolute atomic E-state index is 0.261. The van der Waals surface area contributed by atoms with Gasteiger partial charge >= 0.3 is 0 Å². The fraction of sp³-hybridized carbons (Fsp3) is 0.179. The molecule has 49 heavy (non-hydrogen) atoms. The minimum Gasteiger partial charge on any atom is -0.493 e. The van der Waals surface area contributed by atoms with Gasteiger partial charge in [-0.2, -0.15) is 5.10 Å². The third kappa shape index (κ3) is 9.77. The summed E-state index contributed by atoms with van der Waals surface area (Å²) >= 11 is 3.61. The zero-order valence-corrected chi connectivity index (χ0v) is 29.1. The number of ether oxygens (including phenoxy) is 6. The van der Waals surface area contributed by atoms with Crippen molar-refractivity contribution in [3.05, 3.63) is 141 Å². The van der Waals surface area contributed by atoms with Crippen LogP contribution in [0.25, 0.3) is 0 Å². The van der Waals surface area contributed by atoms with Crippen LogP contribution in [0.5, 0.6) is 34.5 Å². The van der Waals surface area contributed by atoms with Gasteiger partial charge in [0.15, 0.2) is 34.5 Å². The summed E-state index contributed by atoms with van der Waals surface area (Å²) in [6.07, 6.45) is 1.53. The maximum atomic E-state index is 12.9. The Bertz CT molecular complexity index is 1870. The van der Waals surface area contributed by atoms with Gasteiger partial charge < -0.3 is 28.4 Å². The second-order valence-corrected chi connectivity index (χ2v) is 11.5. The lowest BCUT2D eigenvalue weighted by Gasteiger charge is -2.16. The van der Waals surface area contributed by atoms with E-state index in [2.05, 4.69) is 26.5 Å². The van der Waals surface area contributed by atoms with Gasteiger partial charge in [0.25, 0.3) is 5.91 Å². The summed E-state index contributed by atoms with van der Waals surface area (Å²) in [7, 11) is 3.14. The highest BCUT2D eigenvalue weighted by atomic mass is 79.9. The molecule has 0 unspecified atom stereocenters. The van der Waals surface area contributed by atoms with E-state index in [4.69, 9.17) is 28.4 Å². The topological polar surface area (TPSA) is 96.8 Å². The van der Waals surface area contributed by atoms with Gasteiger partial charge in [0.2, 0.25) is 0 Å². The lowest BCUT2D eigenvalue weighted by atomic mass is 10.2. The monoisotopic (exact) mass is 724 g/mol. The van der Waals surface area contributed by atoms with E-state index in [-0.39, 0.29) is 6.61 Å². The molecule has 0 aliphatic heterocycles. The van der Waals surface area contributed by atoms with Crippen molar-refractivity contribution in [1.29, 1.82) is 0 Å². The van der Waals surface area contributed by atoms with Crippen LogP contribution in [-0.2, 0) is 19.8 Å². The normalized spacial score (nSPS) is 10.8. The van der Waals surface area contributed by atoms with Crippen LogP contribution in [0.2, 0.25) is 0 Å². The second-order valence-electron chi connectivity index (χ2n) is 10.7. The largest absolute Gasteiger partial charge is 0.493 e. The van der Waals surface area contributed by atoms with Crippen molar-refractivity contribution in [2.24, 2.45) is 5.10 Å². The van der Waals surface area contributed by atoms with E-state index in [0.29, 0.717) is 69.9 Å². The quantitative estimate of drug-likeness (QED) is 0.0807. The van der Waals surface area contributed by atoms with Crippen LogP contribution in [0, 0.1) is 0 Å². The lowest BCUT2D eigenvalue weighted by molar-refractivity contribution is 0.0954. The summed E-state index contributed by atoms with van der Waals surface area (Å²) in [6.45, 7) is 3.39. The van der Waals surface area contributed by atoms with E-state index >= 15 is 0 Å². The van der Waals surface area contributed by atoms with Gasteiger partial charge in [-0.1, -0.05) is 66.7 Å². The molecule has 0 aliphatic rings. The zero-order chi connectivity index (χ0) is 34.4. The van der Waals surface area contributed by atoms with Crippen LogP contribution in [-0.4, -0.2) is 32.9 Å². The Kier molecular flexibility index (Phi) is 12.5. The highest BCUT2D eigenvalue weighted by Crippen LogP contribution is 2.38. The number of amides is 1. The number of rotatable bonds is 16. The number of hydrazone groups is 1. The molecule has 5 rings (SSSR count). The number of halogens is 1. The lowest BCUT2D eigenvalue weighted by Crippen LogP contribution is -2.17. The molecular weight excluding hydrogens is 688 g/mol. The van der Waals surface area contributed by atoms with Crippen LogP contribution in [0.4, 0.5) is 0 Å². The third-order valence-corrected chi connectivity index (χ3v) is 7.81. The number of hydrogen-bond acceptors (Lipinski definition) is 8. The van der Waals surface area contributed by atoms with Gasteiger partial charge in [-0.15, -0.1) is 0 Å². The van der Waals surface area contributed by atoms with Crippen molar-refractivity contribution < 1.29 is 33.2 Å². The molecular formula is C39H37BrN2O7. The molecule has 0 bridgehead atoms. The van der Waals surface area contributed by atoms with E-state index in [1.54, 1.807) is 31.4 Å². The van der Waals surface area contributed by atoms with Crippen LogP contribution < -0.4 is 33.8 Å². The summed E-state index contributed by atoms with van der Waals surface area (Å²) in [5.74, 6) is 2.89. The molecule has 1 amide bonds. The molecule has 0 radical (unpaired) electrons. The molecule has 0 aromatic heterocycles. The SMILES string of the molecule is CCOc1cc(/C=N/NC(=O)c2ccc(OCc3ccccc3)c(OC)c2)cc(Br)c1OCc1ccc(OCc2ccccc2)c(OC)c1. The predicted octanol–water partition coefficient (Wildman–Crippen LogP) is 8.37.